The van der Waals surface area contributed by atoms with Gasteiger partial charge in [0, 0.05) is 25.7 Å². The molecule has 6 nitrogen and oxygen atoms in total. The first-order valence-corrected chi connectivity index (χ1v) is 6.77. The predicted octanol–water partition coefficient (Wildman–Crippen LogP) is -0.360. The third-order valence-corrected chi connectivity index (χ3v) is 4.54. The van der Waals surface area contributed by atoms with Crippen LogP contribution in [0.3, 0.4) is 0 Å². The van der Waals surface area contributed by atoms with Crippen LogP contribution in [0.15, 0.2) is 0 Å². The van der Waals surface area contributed by atoms with E-state index in [1.807, 2.05) is 0 Å². The molecule has 2 fully saturated rings. The van der Waals surface area contributed by atoms with Gasteiger partial charge >= 0.3 is 0 Å². The molecular weight excluding hydrogens is 252 g/mol. The third kappa shape index (κ3) is 2.10. The number of hydrogen-bond donors (Lipinski definition) is 0. The molecule has 0 aromatic rings. The van der Waals surface area contributed by atoms with Gasteiger partial charge in [-0.1, -0.05) is 0 Å². The fourth-order valence-electron chi connectivity index (χ4n) is 2.22. The smallest absolute Gasteiger partial charge is 0.229 e. The summed E-state index contributed by atoms with van der Waals surface area (Å²) in [5, 5.41) is -0.805. The van der Waals surface area contributed by atoms with Crippen molar-refractivity contribution in [2.75, 3.05) is 0 Å². The lowest BCUT2D eigenvalue weighted by Crippen LogP contribution is -2.57. The van der Waals surface area contributed by atoms with Gasteiger partial charge in [-0.3, -0.25) is 24.1 Å². The summed E-state index contributed by atoms with van der Waals surface area (Å²) in [4.78, 5) is 47.7. The van der Waals surface area contributed by atoms with Gasteiger partial charge in [0.15, 0.2) is 0 Å². The maximum Gasteiger partial charge on any atom is 0.229 e. The number of likely N-dealkylation sites (tertiary alicyclic amines) is 1. The molecule has 2 radical (unpaired) electrons. The van der Waals surface area contributed by atoms with Crippen molar-refractivity contribution in [1.82, 2.24) is 9.47 Å². The van der Waals surface area contributed by atoms with E-state index in [-0.39, 0.29) is 59.0 Å². The highest BCUT2D eigenvalue weighted by molar-refractivity contribution is 6.47. The highest BCUT2D eigenvalue weighted by atomic mass is 28.2. The maximum absolute atomic E-state index is 11.7. The van der Waals surface area contributed by atoms with Crippen LogP contribution in [0.2, 0.25) is 0 Å². The van der Waals surface area contributed by atoms with Crippen LogP contribution in [-0.2, 0) is 19.2 Å². The van der Waals surface area contributed by atoms with Crippen molar-refractivity contribution in [3.8, 4) is 0 Å². The Bertz CT molecular complexity index is 414. The summed E-state index contributed by atoms with van der Waals surface area (Å²) < 4.78 is 1.18. The van der Waals surface area contributed by atoms with Gasteiger partial charge < -0.3 is 4.57 Å². The number of amides is 4. The lowest BCUT2D eigenvalue weighted by atomic mass is 10.3. The molecule has 0 unspecified atom stereocenters. The average molecular weight is 266 g/mol. The quantitative estimate of drug-likeness (QED) is 0.516. The molecule has 0 atom stereocenters. The molecule has 96 valence electrons. The van der Waals surface area contributed by atoms with Crippen LogP contribution in [0.5, 0.6) is 0 Å². The Kier molecular flexibility index (Phi) is 3.10. The Balaban J connectivity index is 2.16. The summed E-state index contributed by atoms with van der Waals surface area (Å²) in [6.07, 6.45) is 0.886. The molecule has 2 saturated heterocycles. The second-order valence-electron chi connectivity index (χ2n) is 4.92. The zero-order valence-corrected chi connectivity index (χ0v) is 11.4. The van der Waals surface area contributed by atoms with Gasteiger partial charge in [-0.25, -0.2) is 0 Å². The summed E-state index contributed by atoms with van der Waals surface area (Å²) in [6.45, 7) is 3.43. The number of nitrogens with zero attached hydrogens (tertiary/aromatic N) is 2. The van der Waals surface area contributed by atoms with E-state index in [2.05, 4.69) is 0 Å². The standard InChI is InChI=1S/C11H14N2O4Si/c1-11(2,12-7(14)3-4-8(12)15)18-13-9(16)5-6-10(13)17/h3-6H2,1-2H3. The van der Waals surface area contributed by atoms with Crippen molar-refractivity contribution in [2.45, 2.75) is 44.7 Å². The minimum Gasteiger partial charge on any atom is -0.310 e. The molecule has 0 N–H and O–H groups in total. The molecule has 7 heteroatoms. The number of hydrogen-bond acceptors (Lipinski definition) is 4. The average Bonchev–Trinajstić information content (AvgIpc) is 2.76. The van der Waals surface area contributed by atoms with E-state index >= 15 is 0 Å². The molecule has 2 rings (SSSR count). The number of carbonyl (C=O) groups is 4. The molecule has 2 heterocycles. The topological polar surface area (TPSA) is 74.8 Å². The Labute approximate surface area is 107 Å². The fourth-order valence-corrected chi connectivity index (χ4v) is 3.59. The monoisotopic (exact) mass is 266 g/mol. The zero-order valence-electron chi connectivity index (χ0n) is 10.4. The summed E-state index contributed by atoms with van der Waals surface area (Å²) in [5.41, 5.74) is 0. The number of rotatable bonds is 3. The first kappa shape index (κ1) is 12.9. The second kappa shape index (κ2) is 4.31. The van der Waals surface area contributed by atoms with Crippen LogP contribution in [-0.4, -0.2) is 47.9 Å². The van der Waals surface area contributed by atoms with E-state index in [1.165, 1.54) is 9.47 Å². The highest BCUT2D eigenvalue weighted by Crippen LogP contribution is 2.25. The fraction of sp³-hybridized carbons (Fsp3) is 0.636. The Morgan fingerprint density at radius 2 is 1.22 bits per heavy atom. The first-order valence-electron chi connectivity index (χ1n) is 5.82. The normalized spacial score (nSPS) is 21.4. The van der Waals surface area contributed by atoms with Gasteiger partial charge in [0.1, 0.15) is 0 Å². The predicted molar refractivity (Wildman–Crippen MR) is 62.0 cm³/mol. The molecule has 0 aromatic carbocycles. The third-order valence-electron chi connectivity index (χ3n) is 3.05. The molecule has 2 aliphatic rings. The number of carbonyl (C=O) groups excluding carboxylic acids is 4. The molecule has 0 aromatic heterocycles. The van der Waals surface area contributed by atoms with Gasteiger partial charge in [0.2, 0.25) is 33.3 Å². The van der Waals surface area contributed by atoms with Crippen molar-refractivity contribution in [2.24, 2.45) is 0 Å². The van der Waals surface area contributed by atoms with E-state index in [4.69, 9.17) is 0 Å². The Hall–Kier alpha value is -1.50. The van der Waals surface area contributed by atoms with Gasteiger partial charge in [-0.2, -0.15) is 0 Å². The van der Waals surface area contributed by atoms with Crippen molar-refractivity contribution < 1.29 is 19.2 Å². The molecule has 4 amide bonds. The molecule has 0 aliphatic carbocycles. The van der Waals surface area contributed by atoms with E-state index in [0.717, 1.165) is 0 Å². The van der Waals surface area contributed by atoms with Crippen molar-refractivity contribution in [3.05, 3.63) is 0 Å². The molecule has 18 heavy (non-hydrogen) atoms. The molecule has 0 saturated carbocycles. The first-order chi connectivity index (χ1) is 8.33. The summed E-state index contributed by atoms with van der Waals surface area (Å²) in [5.74, 6) is -0.885. The summed E-state index contributed by atoms with van der Waals surface area (Å²) in [7, 11) is -0.202. The van der Waals surface area contributed by atoms with Crippen LogP contribution >= 0.6 is 0 Å². The van der Waals surface area contributed by atoms with E-state index in [9.17, 15) is 19.2 Å². The lowest BCUT2D eigenvalue weighted by Gasteiger charge is -2.35. The van der Waals surface area contributed by atoms with Crippen molar-refractivity contribution in [1.29, 1.82) is 0 Å². The lowest BCUT2D eigenvalue weighted by molar-refractivity contribution is -0.143. The van der Waals surface area contributed by atoms with Crippen LogP contribution in [0.25, 0.3) is 0 Å². The maximum atomic E-state index is 11.7. The van der Waals surface area contributed by atoms with Crippen LogP contribution in [0.1, 0.15) is 39.5 Å². The van der Waals surface area contributed by atoms with E-state index < -0.39 is 5.16 Å². The Morgan fingerprint density at radius 1 is 0.833 bits per heavy atom. The van der Waals surface area contributed by atoms with E-state index in [1.54, 1.807) is 13.8 Å². The van der Waals surface area contributed by atoms with Crippen molar-refractivity contribution in [3.63, 3.8) is 0 Å². The zero-order chi connectivity index (χ0) is 13.5. The summed E-state index contributed by atoms with van der Waals surface area (Å²) >= 11 is 0. The van der Waals surface area contributed by atoms with Gasteiger partial charge in [-0.05, 0) is 13.8 Å². The molecular formula is C11H14N2O4Si. The SMILES string of the molecule is CC(C)([Si]N1C(=O)CCC1=O)N1C(=O)CCC1=O. The van der Waals surface area contributed by atoms with Crippen LogP contribution in [0, 0.1) is 0 Å². The van der Waals surface area contributed by atoms with Crippen molar-refractivity contribution >= 4 is 33.3 Å². The summed E-state index contributed by atoms with van der Waals surface area (Å²) in [6, 6.07) is 0. The molecule has 0 spiro atoms. The minimum atomic E-state index is -0.805. The van der Waals surface area contributed by atoms with Gasteiger partial charge in [0.25, 0.3) is 0 Å². The molecule has 2 aliphatic heterocycles. The largest absolute Gasteiger partial charge is 0.310 e. The Morgan fingerprint density at radius 3 is 1.67 bits per heavy atom. The highest BCUT2D eigenvalue weighted by Gasteiger charge is 2.44. The molecule has 0 bridgehead atoms. The minimum absolute atomic E-state index is 0.202. The van der Waals surface area contributed by atoms with E-state index in [0.29, 0.717) is 0 Å². The van der Waals surface area contributed by atoms with Gasteiger partial charge in [0.05, 0.1) is 5.16 Å². The number of imide groups is 2. The van der Waals surface area contributed by atoms with Gasteiger partial charge in [-0.15, -0.1) is 0 Å². The second-order valence-corrected chi connectivity index (χ2v) is 6.81. The van der Waals surface area contributed by atoms with Crippen LogP contribution < -0.4 is 0 Å². The van der Waals surface area contributed by atoms with Crippen LogP contribution in [0.4, 0.5) is 0 Å².